The Balaban J connectivity index is 2.02. The fourth-order valence-corrected chi connectivity index (χ4v) is 3.99. The highest BCUT2D eigenvalue weighted by Crippen LogP contribution is 2.31. The van der Waals surface area contributed by atoms with Gasteiger partial charge in [0, 0.05) is 38.3 Å². The summed E-state index contributed by atoms with van der Waals surface area (Å²) in [7, 11) is 1.52. The predicted molar refractivity (Wildman–Crippen MR) is 140 cm³/mol. The van der Waals surface area contributed by atoms with Crippen molar-refractivity contribution in [3.63, 3.8) is 0 Å². The van der Waals surface area contributed by atoms with E-state index in [1.54, 1.807) is 0 Å². The summed E-state index contributed by atoms with van der Waals surface area (Å²) < 4.78 is 5.20. The van der Waals surface area contributed by atoms with Crippen molar-refractivity contribution in [2.45, 2.75) is 64.3 Å². The van der Waals surface area contributed by atoms with Crippen LogP contribution in [-0.4, -0.2) is 49.2 Å². The number of carbonyl (C=O) groups excluding carboxylic acids is 1. The number of benzene rings is 1. The van der Waals surface area contributed by atoms with Crippen molar-refractivity contribution in [2.24, 2.45) is 0 Å². The highest BCUT2D eigenvalue weighted by atomic mass is 32.1. The number of hydrogen-bond donors (Lipinski definition) is 2. The maximum absolute atomic E-state index is 12.8. The number of carbonyl (C=O) groups is 1. The summed E-state index contributed by atoms with van der Waals surface area (Å²) in [5, 5.41) is 3.40. The zero-order valence-corrected chi connectivity index (χ0v) is 21.4. The molecule has 0 saturated carbocycles. The summed E-state index contributed by atoms with van der Waals surface area (Å²) >= 11 is 4.48. The lowest BCUT2D eigenvalue weighted by molar-refractivity contribution is -0.116. The Morgan fingerprint density at radius 3 is 2.30 bits per heavy atom. The molecule has 7 nitrogen and oxygen atoms in total. The summed E-state index contributed by atoms with van der Waals surface area (Å²) in [4.78, 5) is 25.9. The molecule has 2 rings (SSSR count). The average molecular weight is 474 g/mol. The van der Waals surface area contributed by atoms with Crippen molar-refractivity contribution in [3.05, 3.63) is 30.3 Å². The van der Waals surface area contributed by atoms with Crippen molar-refractivity contribution >= 4 is 35.7 Å². The van der Waals surface area contributed by atoms with E-state index < -0.39 is 0 Å². The van der Waals surface area contributed by atoms with Crippen LogP contribution in [0.25, 0.3) is 0 Å². The molecule has 0 radical (unpaired) electrons. The van der Waals surface area contributed by atoms with Crippen LogP contribution in [0.15, 0.2) is 35.4 Å². The Morgan fingerprint density at radius 1 is 0.970 bits per heavy atom. The molecule has 1 N–H and O–H groups in total. The maximum Gasteiger partial charge on any atom is 0.319 e. The van der Waals surface area contributed by atoms with Gasteiger partial charge in [-0.2, -0.15) is 9.97 Å². The third-order valence-electron chi connectivity index (χ3n) is 5.60. The van der Waals surface area contributed by atoms with Gasteiger partial charge in [-0.05, 0) is 38.8 Å². The third-order valence-corrected chi connectivity index (χ3v) is 5.92. The Hall–Kier alpha value is -2.48. The normalized spacial score (nSPS) is 10.7. The Morgan fingerprint density at radius 2 is 1.67 bits per heavy atom. The number of para-hydroxylation sites is 1. The van der Waals surface area contributed by atoms with Crippen LogP contribution in [0.4, 0.5) is 17.2 Å². The van der Waals surface area contributed by atoms with Crippen molar-refractivity contribution in [3.8, 4) is 6.01 Å². The molecule has 0 atom stereocenters. The van der Waals surface area contributed by atoms with Crippen LogP contribution in [0, 0.1) is 0 Å². The van der Waals surface area contributed by atoms with Crippen molar-refractivity contribution in [1.82, 2.24) is 9.97 Å². The molecule has 0 fully saturated rings. The first-order valence-electron chi connectivity index (χ1n) is 12.0. The Kier molecular flexibility index (Phi) is 11.9. The van der Waals surface area contributed by atoms with E-state index in [1.165, 1.54) is 32.1 Å². The second-order valence-corrected chi connectivity index (χ2v) is 8.36. The molecular weight excluding hydrogens is 434 g/mol. The second kappa shape index (κ2) is 14.6. The van der Waals surface area contributed by atoms with Crippen LogP contribution in [0.3, 0.4) is 0 Å². The molecule has 0 unspecified atom stereocenters. The lowest BCUT2D eigenvalue weighted by Crippen LogP contribution is -2.28. The van der Waals surface area contributed by atoms with Gasteiger partial charge in [-0.15, -0.1) is 12.6 Å². The Labute approximate surface area is 204 Å². The van der Waals surface area contributed by atoms with E-state index in [0.717, 1.165) is 39.0 Å². The molecule has 1 aromatic carbocycles. The Bertz CT molecular complexity index is 846. The number of thiol groups is 1. The van der Waals surface area contributed by atoms with Crippen molar-refractivity contribution < 1.29 is 9.53 Å². The monoisotopic (exact) mass is 473 g/mol. The first-order valence-corrected chi connectivity index (χ1v) is 12.5. The third kappa shape index (κ3) is 8.42. The van der Waals surface area contributed by atoms with E-state index in [4.69, 9.17) is 4.74 Å². The summed E-state index contributed by atoms with van der Waals surface area (Å²) in [6, 6.07) is 10.7. The number of hydrogen-bond acceptors (Lipinski definition) is 7. The van der Waals surface area contributed by atoms with Crippen LogP contribution in [0.1, 0.15) is 59.3 Å². The summed E-state index contributed by atoms with van der Waals surface area (Å²) in [5.74, 6) is 0.568. The molecule has 182 valence electrons. The zero-order valence-electron chi connectivity index (χ0n) is 20.5. The van der Waals surface area contributed by atoms with Crippen LogP contribution in [0.5, 0.6) is 6.01 Å². The molecule has 33 heavy (non-hydrogen) atoms. The first kappa shape index (κ1) is 26.8. The number of aromatic nitrogens is 2. The minimum Gasteiger partial charge on any atom is -0.467 e. The van der Waals surface area contributed by atoms with E-state index in [1.807, 2.05) is 24.8 Å². The molecule has 1 aromatic heterocycles. The number of ether oxygens (including phenoxy) is 1. The number of nitrogens with zero attached hydrogens (tertiary/aromatic N) is 4. The lowest BCUT2D eigenvalue weighted by atomic mass is 10.1. The molecular formula is C25H39N5O2S. The largest absolute Gasteiger partial charge is 0.467 e. The molecule has 2 aromatic rings. The van der Waals surface area contributed by atoms with Gasteiger partial charge in [0.1, 0.15) is 10.7 Å². The topological polar surface area (TPSA) is 70.6 Å². The molecule has 0 saturated heterocycles. The lowest BCUT2D eigenvalue weighted by Gasteiger charge is -2.25. The van der Waals surface area contributed by atoms with E-state index in [2.05, 4.69) is 64.0 Å². The van der Waals surface area contributed by atoms with E-state index in [-0.39, 0.29) is 11.9 Å². The maximum atomic E-state index is 12.8. The highest BCUT2D eigenvalue weighted by Gasteiger charge is 2.19. The van der Waals surface area contributed by atoms with E-state index in [9.17, 15) is 4.79 Å². The van der Waals surface area contributed by atoms with Crippen molar-refractivity contribution in [1.29, 1.82) is 0 Å². The van der Waals surface area contributed by atoms with Gasteiger partial charge in [0.15, 0.2) is 5.82 Å². The van der Waals surface area contributed by atoms with E-state index in [0.29, 0.717) is 23.0 Å². The van der Waals surface area contributed by atoms with Crippen LogP contribution in [-0.2, 0) is 4.79 Å². The fourth-order valence-electron chi connectivity index (χ4n) is 3.74. The van der Waals surface area contributed by atoms with Crippen LogP contribution in [0.2, 0.25) is 0 Å². The molecule has 1 heterocycles. The quantitative estimate of drug-likeness (QED) is 0.204. The standard InChI is InChI=1S/C25H39N5O2S/c1-5-8-9-13-18-30(20-15-11-10-12-16-20)19-14-17-21(31)26-22-23(29(6-2)7-3)27-25(32-4)28-24(22)33/h10-12,15-16H,5-9,13-14,17-19H2,1-4H3,(H,26,31)(H,27,28,33). The summed E-state index contributed by atoms with van der Waals surface area (Å²) in [5.41, 5.74) is 1.74. The molecule has 0 bridgehead atoms. The van der Waals surface area contributed by atoms with Crippen LogP contribution >= 0.6 is 12.6 Å². The molecule has 0 aliphatic rings. The van der Waals surface area contributed by atoms with Crippen molar-refractivity contribution in [2.75, 3.05) is 48.4 Å². The molecule has 1 amide bonds. The zero-order chi connectivity index (χ0) is 24.1. The minimum absolute atomic E-state index is 0.0635. The first-order chi connectivity index (χ1) is 16.0. The van der Waals surface area contributed by atoms with E-state index >= 15 is 0 Å². The molecule has 0 aliphatic carbocycles. The number of amides is 1. The van der Waals surface area contributed by atoms with Gasteiger partial charge in [-0.3, -0.25) is 4.79 Å². The van der Waals surface area contributed by atoms with Crippen LogP contribution < -0.4 is 19.9 Å². The summed E-state index contributed by atoms with van der Waals surface area (Å²) in [6.45, 7) is 9.64. The SMILES string of the molecule is CCCCCCN(CCCC(=O)Nc1c(S)nc(OC)nc1N(CC)CC)c1ccccc1. The minimum atomic E-state index is -0.0635. The molecule has 8 heteroatoms. The number of rotatable bonds is 15. The smallest absolute Gasteiger partial charge is 0.319 e. The number of unbranched alkanes of at least 4 members (excludes halogenated alkanes) is 3. The number of anilines is 3. The molecule has 0 aliphatic heterocycles. The average Bonchev–Trinajstić information content (AvgIpc) is 2.83. The van der Waals surface area contributed by atoms with Gasteiger partial charge >= 0.3 is 6.01 Å². The summed E-state index contributed by atoms with van der Waals surface area (Å²) in [6.07, 6.45) is 6.05. The number of methoxy groups -OCH3 is 1. The van der Waals surface area contributed by atoms with Gasteiger partial charge in [0.05, 0.1) is 7.11 Å². The van der Waals surface area contributed by atoms with Gasteiger partial charge in [0.2, 0.25) is 5.91 Å². The van der Waals surface area contributed by atoms with Gasteiger partial charge in [-0.25, -0.2) is 0 Å². The fraction of sp³-hybridized carbons (Fsp3) is 0.560. The van der Waals surface area contributed by atoms with Gasteiger partial charge in [0.25, 0.3) is 0 Å². The molecule has 0 spiro atoms. The van der Waals surface area contributed by atoms with Gasteiger partial charge in [-0.1, -0.05) is 44.4 Å². The predicted octanol–water partition coefficient (Wildman–Crippen LogP) is 5.43. The van der Waals surface area contributed by atoms with Gasteiger partial charge < -0.3 is 19.9 Å². The highest BCUT2D eigenvalue weighted by molar-refractivity contribution is 7.80. The second-order valence-electron chi connectivity index (χ2n) is 7.94. The number of nitrogens with one attached hydrogen (secondary N) is 1.